The van der Waals surface area contributed by atoms with Crippen molar-refractivity contribution in [3.05, 3.63) is 35.9 Å². The number of carbonyl (C=O) groups excluding carboxylic acids is 1. The Balaban J connectivity index is 1.55. The van der Waals surface area contributed by atoms with E-state index in [1.807, 2.05) is 49.1 Å². The highest BCUT2D eigenvalue weighted by molar-refractivity contribution is 5.87. The second-order valence-corrected chi connectivity index (χ2v) is 7.22. The average molecular weight is 316 g/mol. The van der Waals surface area contributed by atoms with Crippen molar-refractivity contribution in [3.63, 3.8) is 0 Å². The van der Waals surface area contributed by atoms with E-state index in [0.29, 0.717) is 6.10 Å². The van der Waals surface area contributed by atoms with E-state index in [1.165, 1.54) is 12.8 Å². The zero-order chi connectivity index (χ0) is 16.3. The summed E-state index contributed by atoms with van der Waals surface area (Å²) in [5.41, 5.74) is 0.629. The molecule has 1 amide bonds. The van der Waals surface area contributed by atoms with Gasteiger partial charge in [0.05, 0.1) is 11.5 Å². The lowest BCUT2D eigenvalue weighted by Crippen LogP contribution is -2.54. The minimum atomic E-state index is -0.460. The van der Waals surface area contributed by atoms with Gasteiger partial charge in [-0.25, -0.2) is 0 Å². The molecule has 3 rings (SSSR count). The molecule has 1 aromatic rings. The predicted molar refractivity (Wildman–Crippen MR) is 91.5 cm³/mol. The molecule has 2 heterocycles. The quantitative estimate of drug-likeness (QED) is 0.854. The number of ether oxygens (including phenoxy) is 1. The van der Waals surface area contributed by atoms with Crippen molar-refractivity contribution in [2.75, 3.05) is 39.3 Å². The molecule has 0 N–H and O–H groups in total. The van der Waals surface area contributed by atoms with Crippen LogP contribution in [0.3, 0.4) is 0 Å². The van der Waals surface area contributed by atoms with Crippen LogP contribution in [-0.2, 0) is 14.9 Å². The van der Waals surface area contributed by atoms with Gasteiger partial charge >= 0.3 is 0 Å². The molecule has 2 aliphatic rings. The highest BCUT2D eigenvalue weighted by Gasteiger charge is 2.35. The van der Waals surface area contributed by atoms with E-state index in [9.17, 15) is 4.79 Å². The number of piperazine rings is 1. The van der Waals surface area contributed by atoms with Gasteiger partial charge in [0, 0.05) is 39.3 Å². The number of amides is 1. The monoisotopic (exact) mass is 316 g/mol. The second kappa shape index (κ2) is 7.02. The minimum Gasteiger partial charge on any atom is -0.377 e. The number of nitrogens with zero attached hydrogens (tertiary/aromatic N) is 2. The lowest BCUT2D eigenvalue weighted by Gasteiger charge is -2.39. The van der Waals surface area contributed by atoms with Crippen molar-refractivity contribution in [3.8, 4) is 0 Å². The normalized spacial score (nSPS) is 23.2. The molecule has 1 unspecified atom stereocenters. The van der Waals surface area contributed by atoms with Crippen LogP contribution in [-0.4, -0.2) is 61.1 Å². The molecule has 0 bridgehead atoms. The van der Waals surface area contributed by atoms with Crippen molar-refractivity contribution in [1.82, 2.24) is 9.80 Å². The summed E-state index contributed by atoms with van der Waals surface area (Å²) in [6.07, 6.45) is 2.77. The topological polar surface area (TPSA) is 32.8 Å². The van der Waals surface area contributed by atoms with Crippen molar-refractivity contribution in [2.24, 2.45) is 0 Å². The van der Waals surface area contributed by atoms with E-state index in [1.54, 1.807) is 0 Å². The number of carbonyl (C=O) groups is 1. The largest absolute Gasteiger partial charge is 0.377 e. The molecular weight excluding hydrogens is 288 g/mol. The SMILES string of the molecule is CC(C)(C(=O)N1CCN(CC2CCCO2)CC1)c1ccccc1. The Kier molecular flexibility index (Phi) is 5.02. The predicted octanol–water partition coefficient (Wildman–Crippen LogP) is 2.29. The third-order valence-electron chi connectivity index (χ3n) is 5.18. The summed E-state index contributed by atoms with van der Waals surface area (Å²) in [7, 11) is 0. The van der Waals surface area contributed by atoms with Crippen LogP contribution in [0.1, 0.15) is 32.3 Å². The summed E-state index contributed by atoms with van der Waals surface area (Å²) in [5, 5.41) is 0. The molecule has 0 saturated carbocycles. The zero-order valence-corrected chi connectivity index (χ0v) is 14.3. The Hall–Kier alpha value is -1.39. The number of hydrogen-bond donors (Lipinski definition) is 0. The van der Waals surface area contributed by atoms with Crippen molar-refractivity contribution >= 4 is 5.91 Å². The molecule has 0 aliphatic carbocycles. The Morgan fingerprint density at radius 3 is 2.48 bits per heavy atom. The Labute approximate surface area is 139 Å². The molecular formula is C19H28N2O2. The smallest absolute Gasteiger partial charge is 0.232 e. The maximum atomic E-state index is 13.0. The summed E-state index contributed by atoms with van der Waals surface area (Å²) in [5.74, 6) is 0.237. The maximum Gasteiger partial charge on any atom is 0.232 e. The first-order chi connectivity index (χ1) is 11.1. The maximum absolute atomic E-state index is 13.0. The van der Waals surface area contributed by atoms with Gasteiger partial charge in [-0.3, -0.25) is 9.69 Å². The first kappa shape index (κ1) is 16.5. The van der Waals surface area contributed by atoms with Crippen LogP contribution in [0.5, 0.6) is 0 Å². The third-order valence-corrected chi connectivity index (χ3v) is 5.18. The molecule has 2 aliphatic heterocycles. The van der Waals surface area contributed by atoms with Gasteiger partial charge in [0.2, 0.25) is 5.91 Å². The zero-order valence-electron chi connectivity index (χ0n) is 14.3. The molecule has 23 heavy (non-hydrogen) atoms. The van der Waals surface area contributed by atoms with Crippen LogP contribution in [0.4, 0.5) is 0 Å². The second-order valence-electron chi connectivity index (χ2n) is 7.22. The van der Waals surface area contributed by atoms with Gasteiger partial charge in [-0.2, -0.15) is 0 Å². The molecule has 4 nitrogen and oxygen atoms in total. The fourth-order valence-electron chi connectivity index (χ4n) is 3.58. The van der Waals surface area contributed by atoms with E-state index < -0.39 is 5.41 Å². The van der Waals surface area contributed by atoms with E-state index in [2.05, 4.69) is 4.90 Å². The Bertz CT molecular complexity index is 515. The fraction of sp³-hybridized carbons (Fsp3) is 0.632. The van der Waals surface area contributed by atoms with Crippen molar-refractivity contribution in [2.45, 2.75) is 38.2 Å². The highest BCUT2D eigenvalue weighted by atomic mass is 16.5. The van der Waals surface area contributed by atoms with E-state index in [0.717, 1.165) is 44.9 Å². The summed E-state index contributed by atoms with van der Waals surface area (Å²) in [6.45, 7) is 9.54. The molecule has 0 aromatic heterocycles. The van der Waals surface area contributed by atoms with Gasteiger partial charge < -0.3 is 9.64 Å². The summed E-state index contributed by atoms with van der Waals surface area (Å²) < 4.78 is 5.72. The van der Waals surface area contributed by atoms with E-state index in [4.69, 9.17) is 4.74 Å². The van der Waals surface area contributed by atoms with Gasteiger partial charge in [0.1, 0.15) is 0 Å². The Morgan fingerprint density at radius 1 is 1.17 bits per heavy atom. The molecule has 1 atom stereocenters. The number of hydrogen-bond acceptors (Lipinski definition) is 3. The van der Waals surface area contributed by atoms with Gasteiger partial charge in [-0.05, 0) is 32.3 Å². The molecule has 126 valence electrons. The van der Waals surface area contributed by atoms with Crippen LogP contribution in [0, 0.1) is 0 Å². The number of rotatable bonds is 4. The first-order valence-corrected chi connectivity index (χ1v) is 8.76. The van der Waals surface area contributed by atoms with Gasteiger partial charge in [-0.15, -0.1) is 0 Å². The first-order valence-electron chi connectivity index (χ1n) is 8.76. The van der Waals surface area contributed by atoms with Crippen LogP contribution < -0.4 is 0 Å². The molecule has 4 heteroatoms. The average Bonchev–Trinajstić information content (AvgIpc) is 3.09. The standard InChI is InChI=1S/C19H28N2O2/c1-19(2,16-7-4-3-5-8-16)18(22)21-12-10-20(11-13-21)15-17-9-6-14-23-17/h3-5,7-8,17H,6,9-15H2,1-2H3. The van der Waals surface area contributed by atoms with Crippen LogP contribution in [0.2, 0.25) is 0 Å². The molecule has 2 fully saturated rings. The molecule has 0 radical (unpaired) electrons. The van der Waals surface area contributed by atoms with Crippen LogP contribution in [0.15, 0.2) is 30.3 Å². The summed E-state index contributed by atoms with van der Waals surface area (Å²) >= 11 is 0. The number of benzene rings is 1. The summed E-state index contributed by atoms with van der Waals surface area (Å²) in [4.78, 5) is 17.4. The third kappa shape index (κ3) is 3.75. The Morgan fingerprint density at radius 2 is 1.87 bits per heavy atom. The van der Waals surface area contributed by atoms with Crippen molar-refractivity contribution < 1.29 is 9.53 Å². The van der Waals surface area contributed by atoms with Gasteiger partial charge in [0.15, 0.2) is 0 Å². The van der Waals surface area contributed by atoms with Crippen molar-refractivity contribution in [1.29, 1.82) is 0 Å². The minimum absolute atomic E-state index is 0.237. The molecule has 2 saturated heterocycles. The molecule has 0 spiro atoms. The lowest BCUT2D eigenvalue weighted by molar-refractivity contribution is -0.138. The summed E-state index contributed by atoms with van der Waals surface area (Å²) in [6, 6.07) is 10.1. The van der Waals surface area contributed by atoms with Gasteiger partial charge in [0.25, 0.3) is 0 Å². The molecule has 1 aromatic carbocycles. The van der Waals surface area contributed by atoms with E-state index in [-0.39, 0.29) is 5.91 Å². The van der Waals surface area contributed by atoms with Gasteiger partial charge in [-0.1, -0.05) is 30.3 Å². The van der Waals surface area contributed by atoms with E-state index >= 15 is 0 Å². The highest BCUT2D eigenvalue weighted by Crippen LogP contribution is 2.26. The van der Waals surface area contributed by atoms with Crippen LogP contribution in [0.25, 0.3) is 0 Å². The van der Waals surface area contributed by atoms with Crippen LogP contribution >= 0.6 is 0 Å². The fourth-order valence-corrected chi connectivity index (χ4v) is 3.58. The lowest BCUT2D eigenvalue weighted by atomic mass is 9.83.